The van der Waals surface area contributed by atoms with Crippen molar-refractivity contribution >= 4 is 5.91 Å². The lowest BCUT2D eigenvalue weighted by Gasteiger charge is -2.26. The van der Waals surface area contributed by atoms with Crippen LogP contribution in [0.25, 0.3) is 0 Å². The normalized spacial score (nSPS) is 20.8. The summed E-state index contributed by atoms with van der Waals surface area (Å²) in [6, 6.07) is 8.75. The van der Waals surface area contributed by atoms with E-state index >= 15 is 0 Å². The molecular weight excluding hydrogens is 336 g/mol. The fourth-order valence-corrected chi connectivity index (χ4v) is 4.01. The van der Waals surface area contributed by atoms with Gasteiger partial charge in [-0.05, 0) is 29.0 Å². The van der Waals surface area contributed by atoms with E-state index in [-0.39, 0.29) is 23.8 Å². The highest BCUT2D eigenvalue weighted by molar-refractivity contribution is 5.81. The summed E-state index contributed by atoms with van der Waals surface area (Å²) in [5, 5.41) is 11.0. The fourth-order valence-electron chi connectivity index (χ4n) is 4.01. The summed E-state index contributed by atoms with van der Waals surface area (Å²) < 4.78 is 1.80. The molecule has 0 aliphatic carbocycles. The maximum Gasteiger partial charge on any atom is 0.225 e. The molecule has 1 aromatic carbocycles. The van der Waals surface area contributed by atoms with E-state index in [0.717, 1.165) is 24.9 Å². The summed E-state index contributed by atoms with van der Waals surface area (Å²) in [6.07, 6.45) is 6.14. The van der Waals surface area contributed by atoms with Gasteiger partial charge in [0.15, 0.2) is 0 Å². The molecular formula is C22H32N4O. The van der Waals surface area contributed by atoms with Gasteiger partial charge in [-0.25, -0.2) is 0 Å². The van der Waals surface area contributed by atoms with Crippen LogP contribution in [0.4, 0.5) is 0 Å². The zero-order valence-corrected chi connectivity index (χ0v) is 16.9. The van der Waals surface area contributed by atoms with Crippen molar-refractivity contribution in [3.63, 3.8) is 0 Å². The molecule has 2 heterocycles. The van der Waals surface area contributed by atoms with Crippen LogP contribution < -0.4 is 10.6 Å². The highest BCUT2D eigenvalue weighted by atomic mass is 16.2. The Labute approximate surface area is 162 Å². The van der Waals surface area contributed by atoms with Crippen molar-refractivity contribution in [1.82, 2.24) is 20.4 Å². The Bertz CT molecular complexity index is 750. The molecule has 2 aromatic rings. The van der Waals surface area contributed by atoms with Crippen LogP contribution in [0.1, 0.15) is 55.8 Å². The molecule has 1 aliphatic rings. The number of carbonyl (C=O) groups excluding carboxylic acids is 1. The van der Waals surface area contributed by atoms with E-state index < -0.39 is 0 Å². The number of nitrogens with one attached hydrogen (secondary N) is 2. The summed E-state index contributed by atoms with van der Waals surface area (Å²) in [4.78, 5) is 13.1. The first-order valence-corrected chi connectivity index (χ1v) is 10.1. The van der Waals surface area contributed by atoms with Crippen molar-refractivity contribution in [3.8, 4) is 0 Å². The molecule has 0 spiro atoms. The molecule has 5 nitrogen and oxygen atoms in total. The molecule has 1 amide bonds. The van der Waals surface area contributed by atoms with E-state index in [9.17, 15) is 4.79 Å². The van der Waals surface area contributed by atoms with E-state index in [4.69, 9.17) is 0 Å². The molecule has 3 atom stereocenters. The summed E-state index contributed by atoms with van der Waals surface area (Å²) in [5.41, 5.74) is 3.67. The second kappa shape index (κ2) is 8.70. The Balaban J connectivity index is 1.73. The monoisotopic (exact) mass is 368 g/mol. The van der Waals surface area contributed by atoms with Crippen molar-refractivity contribution < 1.29 is 4.79 Å². The van der Waals surface area contributed by atoms with Crippen LogP contribution in [0.5, 0.6) is 0 Å². The highest BCUT2D eigenvalue weighted by Crippen LogP contribution is 2.30. The average Bonchev–Trinajstić information content (AvgIpc) is 3.29. The van der Waals surface area contributed by atoms with Crippen LogP contribution in [-0.4, -0.2) is 28.8 Å². The quantitative estimate of drug-likeness (QED) is 0.789. The minimum atomic E-state index is -0.0604. The van der Waals surface area contributed by atoms with E-state index in [2.05, 4.69) is 60.8 Å². The van der Waals surface area contributed by atoms with Crippen molar-refractivity contribution in [1.29, 1.82) is 0 Å². The molecule has 2 N–H and O–H groups in total. The zero-order valence-electron chi connectivity index (χ0n) is 16.9. The first-order valence-electron chi connectivity index (χ1n) is 10.1. The van der Waals surface area contributed by atoms with Crippen LogP contribution in [0.2, 0.25) is 0 Å². The standard InChI is InChI=1S/C22H32N4O/c1-5-6-16-7-9-17(10-8-16)21(15(2)3)25-22(27)20-13-23-12-19(20)18-11-24-26(4)14-18/h7-11,14-15,19-21,23H,5-6,12-13H2,1-4H3,(H,25,27)/t19-,20+,21?/m1/s1. The lowest BCUT2D eigenvalue weighted by Crippen LogP contribution is -2.38. The minimum absolute atomic E-state index is 0.0309. The molecule has 1 aliphatic heterocycles. The Morgan fingerprint density at radius 1 is 1.30 bits per heavy atom. The molecule has 1 unspecified atom stereocenters. The first-order chi connectivity index (χ1) is 13.0. The Kier molecular flexibility index (Phi) is 6.32. The number of aryl methyl sites for hydroxylation is 2. The van der Waals surface area contributed by atoms with Gasteiger partial charge in [-0.1, -0.05) is 51.5 Å². The number of nitrogens with zero attached hydrogens (tertiary/aromatic N) is 2. The molecule has 146 valence electrons. The van der Waals surface area contributed by atoms with Crippen LogP contribution >= 0.6 is 0 Å². The highest BCUT2D eigenvalue weighted by Gasteiger charge is 2.36. The zero-order chi connectivity index (χ0) is 19.4. The average molecular weight is 369 g/mol. The number of carbonyl (C=O) groups is 1. The van der Waals surface area contributed by atoms with E-state index in [1.165, 1.54) is 11.1 Å². The molecule has 1 aromatic heterocycles. The molecule has 0 radical (unpaired) electrons. The van der Waals surface area contributed by atoms with Crippen LogP contribution in [-0.2, 0) is 18.3 Å². The Hall–Kier alpha value is -2.14. The summed E-state index contributed by atoms with van der Waals surface area (Å²) in [5.74, 6) is 0.579. The van der Waals surface area contributed by atoms with Gasteiger partial charge in [-0.3, -0.25) is 9.48 Å². The van der Waals surface area contributed by atoms with Crippen LogP contribution in [0.3, 0.4) is 0 Å². The van der Waals surface area contributed by atoms with E-state index in [1.54, 1.807) is 4.68 Å². The summed E-state index contributed by atoms with van der Waals surface area (Å²) in [7, 11) is 1.91. The van der Waals surface area contributed by atoms with Gasteiger partial charge in [0.25, 0.3) is 0 Å². The van der Waals surface area contributed by atoms with E-state index in [1.807, 2.05) is 19.4 Å². The third kappa shape index (κ3) is 4.59. The largest absolute Gasteiger partial charge is 0.349 e. The maximum atomic E-state index is 13.1. The van der Waals surface area contributed by atoms with Crippen molar-refractivity contribution in [3.05, 3.63) is 53.3 Å². The van der Waals surface area contributed by atoms with Crippen LogP contribution in [0, 0.1) is 11.8 Å². The van der Waals surface area contributed by atoms with Crippen LogP contribution in [0.15, 0.2) is 36.7 Å². The van der Waals surface area contributed by atoms with Gasteiger partial charge in [0.05, 0.1) is 18.2 Å². The van der Waals surface area contributed by atoms with Gasteiger partial charge in [0.1, 0.15) is 0 Å². The number of benzene rings is 1. The Morgan fingerprint density at radius 3 is 2.63 bits per heavy atom. The Morgan fingerprint density at radius 2 is 2.04 bits per heavy atom. The molecule has 0 bridgehead atoms. The lowest BCUT2D eigenvalue weighted by molar-refractivity contribution is -0.125. The molecule has 0 saturated carbocycles. The molecule has 1 saturated heterocycles. The third-order valence-corrected chi connectivity index (χ3v) is 5.55. The second-order valence-corrected chi connectivity index (χ2v) is 8.04. The lowest BCUT2D eigenvalue weighted by atomic mass is 9.88. The van der Waals surface area contributed by atoms with Gasteiger partial charge in [0, 0.05) is 32.3 Å². The fraction of sp³-hybridized carbons (Fsp3) is 0.545. The number of hydrogen-bond donors (Lipinski definition) is 2. The number of aromatic nitrogens is 2. The van der Waals surface area contributed by atoms with E-state index in [0.29, 0.717) is 12.5 Å². The van der Waals surface area contributed by atoms with Gasteiger partial charge < -0.3 is 10.6 Å². The second-order valence-electron chi connectivity index (χ2n) is 8.04. The van der Waals surface area contributed by atoms with Crippen molar-refractivity contribution in [2.24, 2.45) is 18.9 Å². The van der Waals surface area contributed by atoms with Gasteiger partial charge >= 0.3 is 0 Å². The molecule has 1 fully saturated rings. The summed E-state index contributed by atoms with van der Waals surface area (Å²) >= 11 is 0. The number of hydrogen-bond acceptors (Lipinski definition) is 3. The predicted octanol–water partition coefficient (Wildman–Crippen LogP) is 3.19. The van der Waals surface area contributed by atoms with Crippen molar-refractivity contribution in [2.45, 2.75) is 45.6 Å². The van der Waals surface area contributed by atoms with Gasteiger partial charge in [-0.2, -0.15) is 5.10 Å². The predicted molar refractivity (Wildman–Crippen MR) is 108 cm³/mol. The van der Waals surface area contributed by atoms with Gasteiger partial charge in [0.2, 0.25) is 5.91 Å². The molecule has 3 rings (SSSR count). The maximum absolute atomic E-state index is 13.1. The molecule has 5 heteroatoms. The smallest absolute Gasteiger partial charge is 0.225 e. The molecule has 27 heavy (non-hydrogen) atoms. The minimum Gasteiger partial charge on any atom is -0.349 e. The topological polar surface area (TPSA) is 59.0 Å². The number of amides is 1. The van der Waals surface area contributed by atoms with Crippen molar-refractivity contribution in [2.75, 3.05) is 13.1 Å². The van der Waals surface area contributed by atoms with Gasteiger partial charge in [-0.15, -0.1) is 0 Å². The number of rotatable bonds is 7. The summed E-state index contributed by atoms with van der Waals surface area (Å²) in [6.45, 7) is 8.06. The first kappa shape index (κ1) is 19.6. The SMILES string of the molecule is CCCc1ccc(C(NC(=O)[C@H]2CNC[C@@H]2c2cnn(C)c2)C(C)C)cc1. The third-order valence-electron chi connectivity index (χ3n) is 5.55.